The Morgan fingerprint density at radius 2 is 2.10 bits per heavy atom. The third-order valence-corrected chi connectivity index (χ3v) is 2.99. The largest absolute Gasteiger partial charge is 0.494 e. The molecule has 1 aromatic heterocycles. The lowest BCUT2D eigenvalue weighted by Gasteiger charge is -2.11. The molecule has 0 saturated heterocycles. The van der Waals surface area contributed by atoms with E-state index < -0.39 is 0 Å². The lowest BCUT2D eigenvalue weighted by molar-refractivity contribution is 0.415. The lowest BCUT2D eigenvalue weighted by Crippen LogP contribution is -2.06. The van der Waals surface area contributed by atoms with E-state index in [9.17, 15) is 0 Å². The molecule has 0 aliphatic heterocycles. The fourth-order valence-corrected chi connectivity index (χ4v) is 2.09. The Hall–Kier alpha value is -2.99. The summed E-state index contributed by atoms with van der Waals surface area (Å²) in [4.78, 5) is 11.3. The van der Waals surface area contributed by atoms with Crippen LogP contribution in [0.15, 0.2) is 23.3 Å². The molecule has 0 aliphatic carbocycles. The number of hydrogen-bond acceptors (Lipinski definition) is 7. The Kier molecular flexibility index (Phi) is 4.10. The normalized spacial score (nSPS) is 10.0. The number of rotatable bonds is 4. The van der Waals surface area contributed by atoms with Crippen LogP contribution in [0.1, 0.15) is 12.6 Å². The Bertz CT molecular complexity index is 723. The molecule has 21 heavy (non-hydrogen) atoms. The standard InChI is InChI=1S/C13H16N7O/c1-3-8-11(12(14)18-13(15)17-8)7-4-5-10(21-2)9(6-7)19-20-16/h4-6,16H,3H2,1-2H3,(H4,14,15,17,18)/q+1. The van der Waals surface area contributed by atoms with E-state index in [1.807, 2.05) is 13.0 Å². The molecule has 5 N–H and O–H groups in total. The smallest absolute Gasteiger partial charge is 0.222 e. The molecule has 1 aromatic carbocycles. The van der Waals surface area contributed by atoms with Gasteiger partial charge in [-0.2, -0.15) is 4.98 Å². The average molecular weight is 286 g/mol. The molecule has 8 heteroatoms. The molecule has 0 aliphatic rings. The van der Waals surface area contributed by atoms with Crippen LogP contribution in [0, 0.1) is 5.53 Å². The predicted molar refractivity (Wildman–Crippen MR) is 79.2 cm³/mol. The third-order valence-electron chi connectivity index (χ3n) is 2.99. The highest BCUT2D eigenvalue weighted by Gasteiger charge is 2.16. The van der Waals surface area contributed by atoms with Gasteiger partial charge in [-0.25, -0.2) is 4.98 Å². The first kappa shape index (κ1) is 14.4. The minimum atomic E-state index is 0.146. The quantitative estimate of drug-likeness (QED) is 0.583. The van der Waals surface area contributed by atoms with Crippen LogP contribution in [0.5, 0.6) is 5.75 Å². The van der Waals surface area contributed by atoms with Gasteiger partial charge in [0.2, 0.25) is 10.9 Å². The minimum Gasteiger partial charge on any atom is -0.494 e. The van der Waals surface area contributed by atoms with E-state index in [1.165, 1.54) is 7.11 Å². The van der Waals surface area contributed by atoms with Gasteiger partial charge >= 0.3 is 0 Å². The van der Waals surface area contributed by atoms with Crippen molar-refractivity contribution in [2.45, 2.75) is 13.3 Å². The van der Waals surface area contributed by atoms with Gasteiger partial charge in [-0.1, -0.05) is 13.0 Å². The van der Waals surface area contributed by atoms with E-state index in [4.69, 9.17) is 21.7 Å². The van der Waals surface area contributed by atoms with Crippen LogP contribution in [0.4, 0.5) is 17.5 Å². The number of aryl methyl sites for hydroxylation is 1. The maximum atomic E-state index is 6.87. The van der Waals surface area contributed by atoms with Gasteiger partial charge in [0.15, 0.2) is 16.6 Å². The summed E-state index contributed by atoms with van der Waals surface area (Å²) in [6.07, 6.45) is 0.660. The van der Waals surface area contributed by atoms with Crippen LogP contribution >= 0.6 is 0 Å². The van der Waals surface area contributed by atoms with Crippen molar-refractivity contribution in [1.82, 2.24) is 14.9 Å². The zero-order valence-electron chi connectivity index (χ0n) is 11.8. The van der Waals surface area contributed by atoms with Gasteiger partial charge in [0.1, 0.15) is 11.3 Å². The van der Waals surface area contributed by atoms with E-state index in [1.54, 1.807) is 12.1 Å². The van der Waals surface area contributed by atoms with Crippen LogP contribution in [0.25, 0.3) is 11.1 Å². The molecule has 0 fully saturated rings. The van der Waals surface area contributed by atoms with Gasteiger partial charge in [-0.05, 0) is 24.1 Å². The molecule has 0 unspecified atom stereocenters. The summed E-state index contributed by atoms with van der Waals surface area (Å²) in [5.74, 6) is 0.966. The van der Waals surface area contributed by atoms with Gasteiger partial charge in [-0.3, -0.25) is 0 Å². The number of ether oxygens (including phenoxy) is 1. The van der Waals surface area contributed by atoms with Crippen LogP contribution in [-0.4, -0.2) is 17.1 Å². The minimum absolute atomic E-state index is 0.146. The summed E-state index contributed by atoms with van der Waals surface area (Å²) >= 11 is 0. The summed E-state index contributed by atoms with van der Waals surface area (Å²) in [7, 11) is 1.52. The summed E-state index contributed by atoms with van der Waals surface area (Å²) in [5.41, 5.74) is 21.1. The second kappa shape index (κ2) is 5.98. The lowest BCUT2D eigenvalue weighted by atomic mass is 10.0. The number of anilines is 2. The number of nitrogens with one attached hydrogen (secondary N) is 1. The Labute approximate surface area is 121 Å². The first-order valence-electron chi connectivity index (χ1n) is 6.28. The number of hydrogen-bond donors (Lipinski definition) is 3. The van der Waals surface area contributed by atoms with Crippen LogP contribution in [-0.2, 0) is 6.42 Å². The molecule has 8 nitrogen and oxygen atoms in total. The van der Waals surface area contributed by atoms with Gasteiger partial charge in [0.05, 0.1) is 12.8 Å². The van der Waals surface area contributed by atoms with Crippen molar-refractivity contribution in [3.63, 3.8) is 0 Å². The number of benzene rings is 1. The van der Waals surface area contributed by atoms with E-state index >= 15 is 0 Å². The molecule has 0 bridgehead atoms. The summed E-state index contributed by atoms with van der Waals surface area (Å²) in [6, 6.07) is 5.28. The molecular weight excluding hydrogens is 270 g/mol. The second-order valence-corrected chi connectivity index (χ2v) is 4.23. The SMILES string of the molecule is CCc1nc(N)nc(N)c1-c1ccc(OC)c(N=[N+]=N)c1. The van der Waals surface area contributed by atoms with Crippen molar-refractivity contribution < 1.29 is 4.74 Å². The molecule has 0 amide bonds. The molecule has 1 heterocycles. The van der Waals surface area contributed by atoms with E-state index in [-0.39, 0.29) is 5.95 Å². The van der Waals surface area contributed by atoms with Crippen molar-refractivity contribution in [3.05, 3.63) is 23.9 Å². The number of nitrogens with two attached hydrogens (primary N) is 2. The van der Waals surface area contributed by atoms with Crippen LogP contribution < -0.4 is 21.1 Å². The highest BCUT2D eigenvalue weighted by atomic mass is 16.5. The van der Waals surface area contributed by atoms with Crippen molar-refractivity contribution in [3.8, 4) is 16.9 Å². The average Bonchev–Trinajstić information content (AvgIpc) is 2.46. The van der Waals surface area contributed by atoms with E-state index in [2.05, 4.69) is 20.0 Å². The van der Waals surface area contributed by atoms with Crippen molar-refractivity contribution in [2.75, 3.05) is 18.6 Å². The highest BCUT2D eigenvalue weighted by Crippen LogP contribution is 2.35. The number of nitrogens with zero attached hydrogens (tertiary/aromatic N) is 4. The van der Waals surface area contributed by atoms with Gasteiger partial charge in [0, 0.05) is 5.56 Å². The van der Waals surface area contributed by atoms with Gasteiger partial charge < -0.3 is 16.2 Å². The Morgan fingerprint density at radius 3 is 2.71 bits per heavy atom. The maximum Gasteiger partial charge on any atom is 0.222 e. The van der Waals surface area contributed by atoms with Gasteiger partial charge in [0.25, 0.3) is 0 Å². The fraction of sp³-hybridized carbons (Fsp3) is 0.231. The molecular formula is C13H16N7O+. The molecule has 0 radical (unpaired) electrons. The first-order valence-corrected chi connectivity index (χ1v) is 6.28. The molecule has 108 valence electrons. The molecule has 0 saturated carbocycles. The molecule has 0 spiro atoms. The maximum absolute atomic E-state index is 6.87. The Morgan fingerprint density at radius 1 is 1.33 bits per heavy atom. The van der Waals surface area contributed by atoms with Crippen molar-refractivity contribution in [1.29, 1.82) is 5.53 Å². The second-order valence-electron chi connectivity index (χ2n) is 4.23. The van der Waals surface area contributed by atoms with Crippen LogP contribution in [0.3, 0.4) is 0 Å². The summed E-state index contributed by atoms with van der Waals surface area (Å²) in [5, 5.41) is 3.73. The molecule has 0 atom stereocenters. The van der Waals surface area contributed by atoms with Crippen molar-refractivity contribution in [2.24, 2.45) is 5.11 Å². The predicted octanol–water partition coefficient (Wildman–Crippen LogP) is 2.06. The summed E-state index contributed by atoms with van der Waals surface area (Å²) in [6.45, 7) is 1.96. The van der Waals surface area contributed by atoms with E-state index in [0.29, 0.717) is 29.2 Å². The third kappa shape index (κ3) is 2.80. The topological polar surface area (TPSA) is 137 Å². The monoisotopic (exact) mass is 286 g/mol. The van der Waals surface area contributed by atoms with E-state index in [0.717, 1.165) is 11.3 Å². The van der Waals surface area contributed by atoms with Gasteiger partial charge in [-0.15, -0.1) is 0 Å². The number of nitrogen functional groups attached to an aromatic ring is 2. The van der Waals surface area contributed by atoms with Crippen molar-refractivity contribution >= 4 is 17.5 Å². The number of methoxy groups -OCH3 is 1. The zero-order valence-corrected chi connectivity index (χ0v) is 11.8. The molecule has 2 rings (SSSR count). The highest BCUT2D eigenvalue weighted by molar-refractivity contribution is 5.79. The fourth-order valence-electron chi connectivity index (χ4n) is 2.09. The van der Waals surface area contributed by atoms with Crippen LogP contribution in [0.2, 0.25) is 0 Å². The molecule has 2 aromatic rings. The zero-order chi connectivity index (χ0) is 15.4. The Balaban J connectivity index is 2.67. The first-order chi connectivity index (χ1) is 10.1. The number of aromatic nitrogens is 2. The summed E-state index contributed by atoms with van der Waals surface area (Å²) < 4.78 is 5.18.